The minimum absolute atomic E-state index is 0.281. The summed E-state index contributed by atoms with van der Waals surface area (Å²) in [7, 11) is 0. The summed E-state index contributed by atoms with van der Waals surface area (Å²) in [6.45, 7) is 0.980. The summed E-state index contributed by atoms with van der Waals surface area (Å²) in [6, 6.07) is 0. The molecular formula is C9H15NO2. The number of ether oxygens (including phenoxy) is 1. The fourth-order valence-electron chi connectivity index (χ4n) is 1.75. The molecule has 3 heteroatoms. The van der Waals surface area contributed by atoms with E-state index >= 15 is 0 Å². The van der Waals surface area contributed by atoms with Crippen LogP contribution in [0, 0.1) is 5.92 Å². The predicted octanol–water partition coefficient (Wildman–Crippen LogP) is 0.390. The van der Waals surface area contributed by atoms with Crippen molar-refractivity contribution in [3.8, 4) is 0 Å². The number of hydrogen-bond donors (Lipinski definition) is 2. The third kappa shape index (κ3) is 1.13. The first-order chi connectivity index (χ1) is 5.77. The summed E-state index contributed by atoms with van der Waals surface area (Å²) in [6.07, 6.45) is 5.03. The fraction of sp³-hybridized carbons (Fsp3) is 0.778. The van der Waals surface area contributed by atoms with Crippen molar-refractivity contribution in [2.24, 2.45) is 11.7 Å². The van der Waals surface area contributed by atoms with Crippen LogP contribution in [-0.4, -0.2) is 23.9 Å². The van der Waals surface area contributed by atoms with E-state index in [0.29, 0.717) is 18.3 Å². The van der Waals surface area contributed by atoms with Crippen molar-refractivity contribution in [1.82, 2.24) is 0 Å². The van der Waals surface area contributed by atoms with Gasteiger partial charge in [-0.25, -0.2) is 0 Å². The van der Waals surface area contributed by atoms with Crippen molar-refractivity contribution in [1.29, 1.82) is 0 Å². The topological polar surface area (TPSA) is 55.5 Å². The number of nitrogens with two attached hydrogens (primary N) is 1. The van der Waals surface area contributed by atoms with Crippen LogP contribution in [0.5, 0.6) is 0 Å². The minimum atomic E-state index is -0.851. The second kappa shape index (κ2) is 2.75. The molecule has 1 heterocycles. The molecule has 2 aliphatic rings. The highest BCUT2D eigenvalue weighted by atomic mass is 16.5. The van der Waals surface area contributed by atoms with Crippen LogP contribution in [0.3, 0.4) is 0 Å². The Morgan fingerprint density at radius 3 is 2.83 bits per heavy atom. The maximum absolute atomic E-state index is 10.1. The molecule has 1 unspecified atom stereocenters. The lowest BCUT2D eigenvalue weighted by molar-refractivity contribution is 0.00817. The van der Waals surface area contributed by atoms with Crippen LogP contribution in [0.25, 0.3) is 0 Å². The summed E-state index contributed by atoms with van der Waals surface area (Å²) in [5, 5.41) is 10.1. The number of hydrogen-bond acceptors (Lipinski definition) is 3. The highest BCUT2D eigenvalue weighted by Crippen LogP contribution is 2.44. The summed E-state index contributed by atoms with van der Waals surface area (Å²) in [5.41, 5.74) is 4.71. The summed E-state index contributed by atoms with van der Waals surface area (Å²) in [4.78, 5) is 0. The van der Waals surface area contributed by atoms with Crippen molar-refractivity contribution < 1.29 is 9.84 Å². The molecule has 1 saturated carbocycles. The van der Waals surface area contributed by atoms with E-state index in [1.54, 1.807) is 0 Å². The molecule has 1 aliphatic carbocycles. The Hall–Kier alpha value is -0.540. The molecule has 0 spiro atoms. The van der Waals surface area contributed by atoms with E-state index in [4.69, 9.17) is 10.5 Å². The van der Waals surface area contributed by atoms with Gasteiger partial charge in [-0.3, -0.25) is 0 Å². The maximum Gasteiger partial charge on any atom is 0.136 e. The van der Waals surface area contributed by atoms with Gasteiger partial charge in [0, 0.05) is 13.0 Å². The lowest BCUT2D eigenvalue weighted by atomic mass is 9.95. The lowest BCUT2D eigenvalue weighted by Crippen LogP contribution is -2.42. The first kappa shape index (κ1) is 8.08. The Kier molecular flexibility index (Phi) is 1.85. The van der Waals surface area contributed by atoms with Crippen LogP contribution >= 0.6 is 0 Å². The average molecular weight is 169 g/mol. The van der Waals surface area contributed by atoms with Gasteiger partial charge in [0.25, 0.3) is 0 Å². The van der Waals surface area contributed by atoms with E-state index in [0.717, 1.165) is 19.3 Å². The van der Waals surface area contributed by atoms with Gasteiger partial charge in [-0.1, -0.05) is 0 Å². The molecule has 0 amide bonds. The van der Waals surface area contributed by atoms with Gasteiger partial charge >= 0.3 is 0 Å². The van der Waals surface area contributed by atoms with Gasteiger partial charge in [0.1, 0.15) is 11.4 Å². The molecule has 3 nitrogen and oxygen atoms in total. The molecule has 0 aromatic heterocycles. The fourth-order valence-corrected chi connectivity index (χ4v) is 1.75. The van der Waals surface area contributed by atoms with Crippen molar-refractivity contribution in [2.75, 3.05) is 13.2 Å². The van der Waals surface area contributed by atoms with Gasteiger partial charge in [0.15, 0.2) is 0 Å². The Morgan fingerprint density at radius 1 is 1.67 bits per heavy atom. The van der Waals surface area contributed by atoms with Crippen LogP contribution in [0.4, 0.5) is 0 Å². The van der Waals surface area contributed by atoms with Gasteiger partial charge in [-0.05, 0) is 24.8 Å². The smallest absolute Gasteiger partial charge is 0.136 e. The van der Waals surface area contributed by atoms with Crippen molar-refractivity contribution in [3.05, 3.63) is 11.8 Å². The van der Waals surface area contributed by atoms with Crippen LogP contribution < -0.4 is 5.73 Å². The number of aliphatic hydroxyl groups is 1. The summed E-state index contributed by atoms with van der Waals surface area (Å²) >= 11 is 0. The Labute approximate surface area is 72.2 Å². The second-order valence-corrected chi connectivity index (χ2v) is 3.61. The van der Waals surface area contributed by atoms with Gasteiger partial charge < -0.3 is 15.6 Å². The SMILES string of the molecule is NCC(O)(C1=CCCO1)C1CC1. The highest BCUT2D eigenvalue weighted by molar-refractivity contribution is 5.18. The Balaban J connectivity index is 2.14. The summed E-state index contributed by atoms with van der Waals surface area (Å²) in [5.74, 6) is 1.05. The van der Waals surface area contributed by atoms with Crippen LogP contribution in [0.1, 0.15) is 19.3 Å². The number of rotatable bonds is 3. The van der Waals surface area contributed by atoms with Gasteiger partial charge in [-0.15, -0.1) is 0 Å². The standard InChI is InChI=1S/C9H15NO2/c10-6-9(11,7-3-4-7)8-2-1-5-12-8/h2,7,11H,1,3-6,10H2. The second-order valence-electron chi connectivity index (χ2n) is 3.61. The van der Waals surface area contributed by atoms with E-state index in [1.807, 2.05) is 6.08 Å². The third-order valence-corrected chi connectivity index (χ3v) is 2.70. The monoisotopic (exact) mass is 169 g/mol. The molecule has 0 aromatic carbocycles. The van der Waals surface area contributed by atoms with Crippen molar-refractivity contribution in [2.45, 2.75) is 24.9 Å². The molecule has 68 valence electrons. The molecule has 0 bridgehead atoms. The average Bonchev–Trinajstić information content (AvgIpc) is 2.80. The quantitative estimate of drug-likeness (QED) is 0.642. The minimum Gasteiger partial charge on any atom is -0.495 e. The van der Waals surface area contributed by atoms with E-state index in [1.165, 1.54) is 0 Å². The highest BCUT2D eigenvalue weighted by Gasteiger charge is 2.47. The Morgan fingerprint density at radius 2 is 2.42 bits per heavy atom. The molecule has 12 heavy (non-hydrogen) atoms. The molecular weight excluding hydrogens is 154 g/mol. The maximum atomic E-state index is 10.1. The van der Waals surface area contributed by atoms with Crippen LogP contribution in [0.15, 0.2) is 11.8 Å². The predicted molar refractivity (Wildman–Crippen MR) is 45.4 cm³/mol. The van der Waals surface area contributed by atoms with Crippen LogP contribution in [-0.2, 0) is 4.74 Å². The molecule has 0 saturated heterocycles. The zero-order chi connectivity index (χ0) is 8.60. The van der Waals surface area contributed by atoms with Gasteiger partial charge in [0.05, 0.1) is 6.61 Å². The van der Waals surface area contributed by atoms with Gasteiger partial charge in [0.2, 0.25) is 0 Å². The lowest BCUT2D eigenvalue weighted by Gasteiger charge is -2.27. The molecule has 1 atom stereocenters. The van der Waals surface area contributed by atoms with Crippen molar-refractivity contribution >= 4 is 0 Å². The van der Waals surface area contributed by atoms with Gasteiger partial charge in [-0.2, -0.15) is 0 Å². The molecule has 3 N–H and O–H groups in total. The molecule has 1 aliphatic heterocycles. The zero-order valence-electron chi connectivity index (χ0n) is 7.12. The zero-order valence-corrected chi connectivity index (χ0v) is 7.12. The van der Waals surface area contributed by atoms with E-state index in [2.05, 4.69) is 0 Å². The molecule has 0 radical (unpaired) electrons. The molecule has 1 fully saturated rings. The largest absolute Gasteiger partial charge is 0.495 e. The normalized spacial score (nSPS) is 27.7. The Bertz CT molecular complexity index is 211. The third-order valence-electron chi connectivity index (χ3n) is 2.70. The molecule has 0 aromatic rings. The first-order valence-corrected chi connectivity index (χ1v) is 4.53. The van der Waals surface area contributed by atoms with Crippen molar-refractivity contribution in [3.63, 3.8) is 0 Å². The van der Waals surface area contributed by atoms with Crippen LogP contribution in [0.2, 0.25) is 0 Å². The van der Waals surface area contributed by atoms with E-state index in [-0.39, 0.29) is 6.54 Å². The first-order valence-electron chi connectivity index (χ1n) is 4.53. The summed E-state index contributed by atoms with van der Waals surface area (Å²) < 4.78 is 5.34. The molecule has 2 rings (SSSR count). The van der Waals surface area contributed by atoms with E-state index in [9.17, 15) is 5.11 Å². The van der Waals surface area contributed by atoms with E-state index < -0.39 is 5.60 Å².